The highest BCUT2D eigenvalue weighted by atomic mass is 16.2. The first-order valence-electron chi connectivity index (χ1n) is 7.69. The van der Waals surface area contributed by atoms with Gasteiger partial charge in [0.15, 0.2) is 0 Å². The highest BCUT2D eigenvalue weighted by Crippen LogP contribution is 2.29. The van der Waals surface area contributed by atoms with E-state index in [9.17, 15) is 4.79 Å². The van der Waals surface area contributed by atoms with E-state index in [4.69, 9.17) is 0 Å². The first-order chi connectivity index (χ1) is 9.61. The molecule has 2 saturated heterocycles. The second-order valence-electron chi connectivity index (χ2n) is 6.43. The summed E-state index contributed by atoms with van der Waals surface area (Å²) in [4.78, 5) is 14.4. The third-order valence-corrected chi connectivity index (χ3v) is 4.87. The van der Waals surface area contributed by atoms with Crippen molar-refractivity contribution in [1.29, 1.82) is 0 Å². The molecule has 0 spiro atoms. The van der Waals surface area contributed by atoms with Crippen LogP contribution in [0.5, 0.6) is 0 Å². The maximum absolute atomic E-state index is 12.4. The van der Waals surface area contributed by atoms with E-state index in [0.29, 0.717) is 24.5 Å². The van der Waals surface area contributed by atoms with Crippen molar-refractivity contribution in [3.8, 4) is 0 Å². The zero-order valence-corrected chi connectivity index (χ0v) is 12.4. The van der Waals surface area contributed by atoms with Crippen LogP contribution >= 0.6 is 0 Å². The number of nitrogens with one attached hydrogen (secondary N) is 1. The van der Waals surface area contributed by atoms with Crippen molar-refractivity contribution in [2.24, 2.45) is 0 Å². The number of carbonyl (C=O) groups excluding carboxylic acids is 1. The van der Waals surface area contributed by atoms with Crippen LogP contribution in [0.15, 0.2) is 24.3 Å². The van der Waals surface area contributed by atoms with Crippen LogP contribution in [0.2, 0.25) is 0 Å². The third-order valence-electron chi connectivity index (χ3n) is 4.87. The van der Waals surface area contributed by atoms with Crippen LogP contribution < -0.4 is 5.32 Å². The van der Waals surface area contributed by atoms with E-state index in [-0.39, 0.29) is 5.91 Å². The van der Waals surface area contributed by atoms with Gasteiger partial charge in [-0.05, 0) is 38.2 Å². The largest absolute Gasteiger partial charge is 0.342 e. The predicted molar refractivity (Wildman–Crippen MR) is 80.6 cm³/mol. The summed E-state index contributed by atoms with van der Waals surface area (Å²) < 4.78 is 0. The zero-order valence-electron chi connectivity index (χ0n) is 12.4. The van der Waals surface area contributed by atoms with Crippen LogP contribution in [0.1, 0.15) is 36.8 Å². The van der Waals surface area contributed by atoms with Crippen molar-refractivity contribution in [3.05, 3.63) is 35.4 Å². The molecule has 108 valence electrons. The Kier molecular flexibility index (Phi) is 3.79. The summed E-state index contributed by atoms with van der Waals surface area (Å²) in [5, 5.41) is 3.63. The van der Waals surface area contributed by atoms with Gasteiger partial charge in [0.1, 0.15) is 0 Å². The Balaban J connectivity index is 1.60. The Morgan fingerprint density at radius 2 is 1.80 bits per heavy atom. The number of hydrogen-bond acceptors (Lipinski definition) is 2. The van der Waals surface area contributed by atoms with E-state index >= 15 is 0 Å². The molecule has 2 unspecified atom stereocenters. The van der Waals surface area contributed by atoms with Gasteiger partial charge in [0.2, 0.25) is 5.91 Å². The summed E-state index contributed by atoms with van der Waals surface area (Å²) in [5.41, 5.74) is 2.36. The highest BCUT2D eigenvalue weighted by molar-refractivity contribution is 5.78. The lowest BCUT2D eigenvalue weighted by Gasteiger charge is -2.35. The normalized spacial score (nSPS) is 28.4. The van der Waals surface area contributed by atoms with E-state index in [1.54, 1.807) is 0 Å². The molecule has 1 aromatic rings. The molecule has 3 heteroatoms. The lowest BCUT2D eigenvalue weighted by atomic mass is 9.98. The molecule has 20 heavy (non-hydrogen) atoms. The number of likely N-dealkylation sites (N-methyl/N-ethyl adjacent to an activating group) is 1. The van der Waals surface area contributed by atoms with Gasteiger partial charge in [0.25, 0.3) is 0 Å². The average molecular weight is 272 g/mol. The summed E-state index contributed by atoms with van der Waals surface area (Å²) in [7, 11) is 1.98. The molecule has 2 aliphatic heterocycles. The number of aryl methyl sites for hydroxylation is 1. The predicted octanol–water partition coefficient (Wildman–Crippen LogP) is 2.28. The van der Waals surface area contributed by atoms with Gasteiger partial charge < -0.3 is 10.2 Å². The van der Waals surface area contributed by atoms with E-state index in [1.807, 2.05) is 11.9 Å². The van der Waals surface area contributed by atoms with Crippen molar-refractivity contribution < 1.29 is 4.79 Å². The van der Waals surface area contributed by atoms with Crippen LogP contribution in [-0.2, 0) is 11.2 Å². The number of rotatable bonds is 3. The molecule has 3 rings (SSSR count). The number of amides is 1. The van der Waals surface area contributed by atoms with Gasteiger partial charge >= 0.3 is 0 Å². The van der Waals surface area contributed by atoms with Crippen LogP contribution in [0.25, 0.3) is 0 Å². The highest BCUT2D eigenvalue weighted by Gasteiger charge is 2.36. The molecule has 0 aliphatic carbocycles. The molecular formula is C17H24N2O. The van der Waals surface area contributed by atoms with Crippen molar-refractivity contribution >= 4 is 5.91 Å². The Morgan fingerprint density at radius 3 is 2.40 bits per heavy atom. The molecule has 2 fully saturated rings. The van der Waals surface area contributed by atoms with E-state index < -0.39 is 0 Å². The van der Waals surface area contributed by atoms with Crippen molar-refractivity contribution in [2.45, 2.75) is 57.2 Å². The molecule has 0 radical (unpaired) electrons. The van der Waals surface area contributed by atoms with E-state index in [1.165, 1.54) is 18.4 Å². The lowest BCUT2D eigenvalue weighted by molar-refractivity contribution is -0.131. The number of hydrogen-bond donors (Lipinski definition) is 1. The summed E-state index contributed by atoms with van der Waals surface area (Å²) in [5.74, 6) is 0.250. The Labute approximate surface area is 121 Å². The van der Waals surface area contributed by atoms with E-state index in [2.05, 4.69) is 36.5 Å². The van der Waals surface area contributed by atoms with Gasteiger partial charge in [-0.3, -0.25) is 4.79 Å². The Hall–Kier alpha value is -1.35. The van der Waals surface area contributed by atoms with Gasteiger partial charge in [0, 0.05) is 25.2 Å². The molecule has 1 amide bonds. The fraction of sp³-hybridized carbons (Fsp3) is 0.588. The second kappa shape index (κ2) is 5.57. The Morgan fingerprint density at radius 1 is 1.20 bits per heavy atom. The molecular weight excluding hydrogens is 248 g/mol. The monoisotopic (exact) mass is 272 g/mol. The first kappa shape index (κ1) is 13.6. The molecule has 3 nitrogen and oxygen atoms in total. The number of benzene rings is 1. The van der Waals surface area contributed by atoms with Crippen molar-refractivity contribution in [1.82, 2.24) is 10.2 Å². The van der Waals surface area contributed by atoms with Gasteiger partial charge in [-0.15, -0.1) is 0 Å². The molecule has 0 aromatic heterocycles. The van der Waals surface area contributed by atoms with Gasteiger partial charge in [0.05, 0.1) is 6.42 Å². The van der Waals surface area contributed by atoms with Crippen molar-refractivity contribution in [2.75, 3.05) is 7.05 Å². The minimum absolute atomic E-state index is 0.250. The fourth-order valence-electron chi connectivity index (χ4n) is 3.55. The zero-order chi connectivity index (χ0) is 14.1. The van der Waals surface area contributed by atoms with Crippen LogP contribution in [0.3, 0.4) is 0 Å². The molecule has 2 bridgehead atoms. The average Bonchev–Trinajstić information content (AvgIpc) is 2.79. The SMILES string of the molecule is Cc1ccc(CC(=O)N(C)C2CC3CCC(C2)N3)cc1. The summed E-state index contributed by atoms with van der Waals surface area (Å²) >= 11 is 0. The number of carbonyl (C=O) groups is 1. The number of nitrogens with zero attached hydrogens (tertiary/aromatic N) is 1. The standard InChI is InChI=1S/C17H24N2O/c1-12-3-5-13(6-4-12)9-17(20)19(2)16-10-14-7-8-15(11-16)18-14/h3-6,14-16,18H,7-11H2,1-2H3. The fourth-order valence-corrected chi connectivity index (χ4v) is 3.55. The first-order valence-corrected chi connectivity index (χ1v) is 7.69. The second-order valence-corrected chi connectivity index (χ2v) is 6.43. The molecule has 2 aliphatic rings. The summed E-state index contributed by atoms with van der Waals surface area (Å²) in [6, 6.07) is 9.97. The van der Waals surface area contributed by atoms with Crippen LogP contribution in [0, 0.1) is 6.92 Å². The van der Waals surface area contributed by atoms with Gasteiger partial charge in [-0.2, -0.15) is 0 Å². The molecule has 0 saturated carbocycles. The minimum Gasteiger partial charge on any atom is -0.342 e. The maximum Gasteiger partial charge on any atom is 0.226 e. The minimum atomic E-state index is 0.250. The number of piperidine rings is 1. The summed E-state index contributed by atoms with van der Waals surface area (Å²) in [6.07, 6.45) is 5.32. The molecule has 1 aromatic carbocycles. The Bertz CT molecular complexity index is 470. The number of fused-ring (bicyclic) bond motifs is 2. The van der Waals surface area contributed by atoms with Gasteiger partial charge in [-0.25, -0.2) is 0 Å². The van der Waals surface area contributed by atoms with Crippen LogP contribution in [0.4, 0.5) is 0 Å². The van der Waals surface area contributed by atoms with E-state index in [0.717, 1.165) is 18.4 Å². The topological polar surface area (TPSA) is 32.3 Å². The third kappa shape index (κ3) is 2.88. The van der Waals surface area contributed by atoms with Crippen LogP contribution in [-0.4, -0.2) is 36.0 Å². The smallest absolute Gasteiger partial charge is 0.226 e. The summed E-state index contributed by atoms with van der Waals surface area (Å²) in [6.45, 7) is 2.07. The lowest BCUT2D eigenvalue weighted by Crippen LogP contribution is -2.49. The quantitative estimate of drug-likeness (QED) is 0.915. The molecule has 1 N–H and O–H groups in total. The van der Waals surface area contributed by atoms with Crippen molar-refractivity contribution in [3.63, 3.8) is 0 Å². The maximum atomic E-state index is 12.4. The molecule has 2 atom stereocenters. The van der Waals surface area contributed by atoms with Gasteiger partial charge in [-0.1, -0.05) is 29.8 Å². The molecule has 2 heterocycles.